The number of methoxy groups -OCH3 is 1. The van der Waals surface area contributed by atoms with Crippen LogP contribution in [-0.2, 0) is 0 Å². The Kier molecular flexibility index (Phi) is 4.22. The van der Waals surface area contributed by atoms with Crippen molar-refractivity contribution in [3.63, 3.8) is 0 Å². The van der Waals surface area contributed by atoms with Crippen molar-refractivity contribution in [2.45, 2.75) is 6.92 Å². The van der Waals surface area contributed by atoms with Crippen molar-refractivity contribution in [1.82, 2.24) is 9.97 Å². The first kappa shape index (κ1) is 16.0. The van der Waals surface area contributed by atoms with Crippen LogP contribution in [0.4, 0.5) is 0 Å². The van der Waals surface area contributed by atoms with Gasteiger partial charge in [0.25, 0.3) is 0 Å². The molecular formula is C17H13ClN2O4. The summed E-state index contributed by atoms with van der Waals surface area (Å²) in [6, 6.07) is 8.00. The van der Waals surface area contributed by atoms with Gasteiger partial charge in [-0.1, -0.05) is 17.7 Å². The average molecular weight is 345 g/mol. The number of carbonyl (C=O) groups is 1. The van der Waals surface area contributed by atoms with Gasteiger partial charge in [-0.2, -0.15) is 0 Å². The quantitative estimate of drug-likeness (QED) is 0.767. The third-order valence-corrected chi connectivity index (χ3v) is 3.81. The predicted molar refractivity (Wildman–Crippen MR) is 89.3 cm³/mol. The Bertz CT molecular complexity index is 943. The fourth-order valence-corrected chi connectivity index (χ4v) is 2.45. The van der Waals surface area contributed by atoms with Crippen LogP contribution in [0.15, 0.2) is 36.7 Å². The van der Waals surface area contributed by atoms with E-state index in [4.69, 9.17) is 26.2 Å². The van der Waals surface area contributed by atoms with Crippen LogP contribution in [0, 0.1) is 6.92 Å². The summed E-state index contributed by atoms with van der Waals surface area (Å²) in [5, 5.41) is 10.2. The van der Waals surface area contributed by atoms with Crippen molar-refractivity contribution in [2.75, 3.05) is 7.11 Å². The third-order valence-electron chi connectivity index (χ3n) is 3.51. The van der Waals surface area contributed by atoms with Gasteiger partial charge in [0.1, 0.15) is 17.8 Å². The van der Waals surface area contributed by atoms with E-state index in [9.17, 15) is 4.79 Å². The van der Waals surface area contributed by atoms with E-state index in [2.05, 4.69) is 9.97 Å². The van der Waals surface area contributed by atoms with Crippen LogP contribution >= 0.6 is 11.6 Å². The summed E-state index contributed by atoms with van der Waals surface area (Å²) in [6.45, 7) is 1.82. The molecule has 6 nitrogen and oxygen atoms in total. The lowest BCUT2D eigenvalue weighted by molar-refractivity contribution is 0.0696. The number of carboxylic acids is 1. The number of rotatable bonds is 4. The van der Waals surface area contributed by atoms with Gasteiger partial charge in [0.05, 0.1) is 28.6 Å². The molecule has 0 fully saturated rings. The molecule has 0 bridgehead atoms. The number of benzene rings is 2. The number of carboxylic acid groups (broad SMARTS) is 1. The van der Waals surface area contributed by atoms with Crippen LogP contribution < -0.4 is 9.47 Å². The molecule has 122 valence electrons. The number of fused-ring (bicyclic) bond motifs is 1. The Hall–Kier alpha value is -2.86. The minimum Gasteiger partial charge on any atom is -0.495 e. The van der Waals surface area contributed by atoms with Gasteiger partial charge in [-0.15, -0.1) is 0 Å². The van der Waals surface area contributed by atoms with Crippen molar-refractivity contribution in [2.24, 2.45) is 0 Å². The van der Waals surface area contributed by atoms with Gasteiger partial charge in [-0.05, 0) is 36.8 Å². The van der Waals surface area contributed by atoms with E-state index in [0.717, 1.165) is 5.56 Å². The zero-order chi connectivity index (χ0) is 17.3. The maximum absolute atomic E-state index is 11.1. The lowest BCUT2D eigenvalue weighted by atomic mass is 10.1. The second-order valence-corrected chi connectivity index (χ2v) is 5.48. The SMILES string of the molecule is COc1cc2c(Oc3cc(C(=O)O)ccc3C)ncnc2cc1Cl. The molecule has 0 radical (unpaired) electrons. The van der Waals surface area contributed by atoms with Crippen LogP contribution in [0.1, 0.15) is 15.9 Å². The molecule has 1 heterocycles. The fourth-order valence-electron chi connectivity index (χ4n) is 2.22. The van der Waals surface area contributed by atoms with Gasteiger partial charge in [-0.3, -0.25) is 0 Å². The highest BCUT2D eigenvalue weighted by Crippen LogP contribution is 2.35. The van der Waals surface area contributed by atoms with Gasteiger partial charge < -0.3 is 14.6 Å². The molecule has 3 rings (SSSR count). The molecule has 1 N–H and O–H groups in total. The van der Waals surface area contributed by atoms with E-state index in [1.54, 1.807) is 18.2 Å². The first-order valence-corrected chi connectivity index (χ1v) is 7.37. The van der Waals surface area contributed by atoms with E-state index in [-0.39, 0.29) is 5.56 Å². The van der Waals surface area contributed by atoms with Gasteiger partial charge in [0, 0.05) is 0 Å². The molecule has 3 aromatic rings. The monoisotopic (exact) mass is 344 g/mol. The molecule has 0 atom stereocenters. The standard InChI is InChI=1S/C17H13ClN2O4/c1-9-3-4-10(17(21)22)5-14(9)24-16-11-6-15(23-2)12(18)7-13(11)19-8-20-16/h3-8H,1-2H3,(H,21,22). The van der Waals surface area contributed by atoms with Crippen LogP contribution in [0.3, 0.4) is 0 Å². The minimum absolute atomic E-state index is 0.134. The highest BCUT2D eigenvalue weighted by Gasteiger charge is 2.13. The smallest absolute Gasteiger partial charge is 0.335 e. The van der Waals surface area contributed by atoms with E-state index < -0.39 is 5.97 Å². The van der Waals surface area contributed by atoms with Gasteiger partial charge in [-0.25, -0.2) is 14.8 Å². The zero-order valence-corrected chi connectivity index (χ0v) is 13.7. The highest BCUT2D eigenvalue weighted by molar-refractivity contribution is 6.32. The first-order chi connectivity index (χ1) is 11.5. The maximum Gasteiger partial charge on any atom is 0.335 e. The summed E-state index contributed by atoms with van der Waals surface area (Å²) in [6.07, 6.45) is 1.36. The summed E-state index contributed by atoms with van der Waals surface area (Å²) in [5.74, 6) is 0.144. The number of aromatic carboxylic acids is 1. The van der Waals surface area contributed by atoms with Crippen LogP contribution in [0.5, 0.6) is 17.4 Å². The van der Waals surface area contributed by atoms with Crippen molar-refractivity contribution in [1.29, 1.82) is 0 Å². The molecule has 2 aromatic carbocycles. The Morgan fingerprint density at radius 1 is 1.17 bits per heavy atom. The van der Waals surface area contributed by atoms with Gasteiger partial charge in [0.15, 0.2) is 0 Å². The Balaban J connectivity index is 2.10. The van der Waals surface area contributed by atoms with Crippen molar-refractivity contribution >= 4 is 28.5 Å². The summed E-state index contributed by atoms with van der Waals surface area (Å²) >= 11 is 6.11. The second kappa shape index (κ2) is 6.33. The number of aryl methyl sites for hydroxylation is 1. The maximum atomic E-state index is 11.1. The van der Waals surface area contributed by atoms with E-state index in [1.165, 1.54) is 25.6 Å². The van der Waals surface area contributed by atoms with E-state index in [0.29, 0.717) is 33.3 Å². The summed E-state index contributed by atoms with van der Waals surface area (Å²) < 4.78 is 11.1. The summed E-state index contributed by atoms with van der Waals surface area (Å²) in [7, 11) is 1.51. The fraction of sp³-hybridized carbons (Fsp3) is 0.118. The van der Waals surface area contributed by atoms with Gasteiger partial charge in [0.2, 0.25) is 5.88 Å². The van der Waals surface area contributed by atoms with Crippen molar-refractivity contribution in [3.05, 3.63) is 52.8 Å². The summed E-state index contributed by atoms with van der Waals surface area (Å²) in [4.78, 5) is 19.4. The molecule has 0 aliphatic rings. The first-order valence-electron chi connectivity index (χ1n) is 6.99. The van der Waals surface area contributed by atoms with Gasteiger partial charge >= 0.3 is 5.97 Å². The number of ether oxygens (including phenoxy) is 2. The number of halogens is 1. The Labute approximate surface area is 142 Å². The average Bonchev–Trinajstić information content (AvgIpc) is 2.56. The molecule has 0 aliphatic heterocycles. The van der Waals surface area contributed by atoms with Crippen LogP contribution in [0.25, 0.3) is 10.9 Å². The second-order valence-electron chi connectivity index (χ2n) is 5.07. The number of aromatic nitrogens is 2. The Morgan fingerprint density at radius 2 is 1.96 bits per heavy atom. The van der Waals surface area contributed by atoms with E-state index >= 15 is 0 Å². The highest BCUT2D eigenvalue weighted by atomic mass is 35.5. The molecular weight excluding hydrogens is 332 g/mol. The largest absolute Gasteiger partial charge is 0.495 e. The molecule has 0 aliphatic carbocycles. The lowest BCUT2D eigenvalue weighted by Gasteiger charge is -2.11. The van der Waals surface area contributed by atoms with Crippen LogP contribution in [-0.4, -0.2) is 28.2 Å². The van der Waals surface area contributed by atoms with Crippen LogP contribution in [0.2, 0.25) is 5.02 Å². The van der Waals surface area contributed by atoms with Crippen molar-refractivity contribution < 1.29 is 19.4 Å². The third kappa shape index (κ3) is 2.96. The number of hydrogen-bond donors (Lipinski definition) is 1. The molecule has 0 spiro atoms. The number of nitrogens with zero attached hydrogens (tertiary/aromatic N) is 2. The topological polar surface area (TPSA) is 81.5 Å². The molecule has 0 unspecified atom stereocenters. The number of hydrogen-bond acceptors (Lipinski definition) is 5. The zero-order valence-electron chi connectivity index (χ0n) is 12.9. The molecule has 0 saturated carbocycles. The summed E-state index contributed by atoms with van der Waals surface area (Å²) in [5.41, 5.74) is 1.51. The molecule has 1 aromatic heterocycles. The molecule has 24 heavy (non-hydrogen) atoms. The predicted octanol–water partition coefficient (Wildman–Crippen LogP) is 4.09. The molecule has 7 heteroatoms. The Morgan fingerprint density at radius 3 is 2.67 bits per heavy atom. The lowest BCUT2D eigenvalue weighted by Crippen LogP contribution is -1.99. The molecule has 0 saturated heterocycles. The van der Waals surface area contributed by atoms with Crippen molar-refractivity contribution in [3.8, 4) is 17.4 Å². The molecule has 0 amide bonds. The minimum atomic E-state index is -1.03. The van der Waals surface area contributed by atoms with E-state index in [1.807, 2.05) is 6.92 Å². The normalized spacial score (nSPS) is 10.6.